The van der Waals surface area contributed by atoms with E-state index in [1.54, 1.807) is 24.4 Å². The lowest BCUT2D eigenvalue weighted by atomic mass is 9.94. The minimum atomic E-state index is -4.13. The van der Waals surface area contributed by atoms with Crippen molar-refractivity contribution in [2.24, 2.45) is 10.9 Å². The lowest BCUT2D eigenvalue weighted by Crippen LogP contribution is -2.31. The molecular formula is C23H20ClN3O3S. The average Bonchev–Trinajstić information content (AvgIpc) is 3.17. The molecule has 3 aromatic rings. The Morgan fingerprint density at radius 3 is 2.61 bits per heavy atom. The number of carbonyl (C=O) groups is 1. The van der Waals surface area contributed by atoms with E-state index in [1.807, 2.05) is 37.3 Å². The Balaban J connectivity index is 1.69. The molecule has 158 valence electrons. The number of sulfonamides is 1. The minimum Gasteiger partial charge on any atom is -0.266 e. The van der Waals surface area contributed by atoms with E-state index in [-0.39, 0.29) is 21.5 Å². The summed E-state index contributed by atoms with van der Waals surface area (Å²) in [5.41, 5.74) is 1.42. The highest BCUT2D eigenvalue weighted by Crippen LogP contribution is 2.29. The zero-order valence-corrected chi connectivity index (χ0v) is 18.3. The number of hydrogen-bond donors (Lipinski definition) is 1. The molecule has 1 aliphatic rings. The number of nitrogens with zero attached hydrogens (tertiary/aromatic N) is 2. The van der Waals surface area contributed by atoms with Crippen molar-refractivity contribution >= 4 is 44.0 Å². The fourth-order valence-electron chi connectivity index (χ4n) is 3.62. The van der Waals surface area contributed by atoms with Gasteiger partial charge in [-0.25, -0.2) is 18.1 Å². The summed E-state index contributed by atoms with van der Waals surface area (Å²) in [7, 11) is -4.13. The highest BCUT2D eigenvalue weighted by molar-refractivity contribution is 7.90. The summed E-state index contributed by atoms with van der Waals surface area (Å²) in [6.45, 7) is 2.04. The maximum atomic E-state index is 12.8. The fourth-order valence-corrected chi connectivity index (χ4v) is 5.10. The first-order chi connectivity index (χ1) is 14.9. The number of allylic oxidation sites excluding steroid dienone is 1. The SMILES string of the molecule is CCCC1C=C(C(=O)NS(=O)(=O)c2ccccc2Cl)N=C1c1nccc2ccccc12. The standard InChI is InChI=1S/C23H20ClN3O3S/c1-2-7-16-14-19(23(28)27-31(29,30)20-11-6-5-10-18(20)24)26-21(16)22-17-9-4-3-8-15(17)12-13-25-22/h3-6,8-14,16H,2,7H2,1H3,(H,27,28). The highest BCUT2D eigenvalue weighted by atomic mass is 35.5. The first-order valence-corrected chi connectivity index (χ1v) is 11.7. The van der Waals surface area contributed by atoms with Gasteiger partial charge in [0.05, 0.1) is 16.4 Å². The van der Waals surface area contributed by atoms with Crippen LogP contribution in [0.25, 0.3) is 10.8 Å². The average molecular weight is 454 g/mol. The molecule has 8 heteroatoms. The molecule has 1 aliphatic heterocycles. The van der Waals surface area contributed by atoms with E-state index in [4.69, 9.17) is 11.6 Å². The molecule has 2 aromatic carbocycles. The number of pyridine rings is 1. The molecule has 31 heavy (non-hydrogen) atoms. The topological polar surface area (TPSA) is 88.5 Å². The van der Waals surface area contributed by atoms with Gasteiger partial charge in [-0.3, -0.25) is 9.78 Å². The lowest BCUT2D eigenvalue weighted by Gasteiger charge is -2.12. The maximum absolute atomic E-state index is 12.8. The minimum absolute atomic E-state index is 0.0382. The number of rotatable bonds is 6. The normalized spacial score (nSPS) is 16.1. The van der Waals surface area contributed by atoms with E-state index < -0.39 is 15.9 Å². The highest BCUT2D eigenvalue weighted by Gasteiger charge is 2.29. The van der Waals surface area contributed by atoms with Gasteiger partial charge in [0.15, 0.2) is 0 Å². The van der Waals surface area contributed by atoms with Gasteiger partial charge in [0.25, 0.3) is 15.9 Å². The number of aromatic nitrogens is 1. The van der Waals surface area contributed by atoms with Crippen molar-refractivity contribution in [1.29, 1.82) is 0 Å². The van der Waals surface area contributed by atoms with Gasteiger partial charge in [-0.15, -0.1) is 0 Å². The van der Waals surface area contributed by atoms with Crippen molar-refractivity contribution in [3.05, 3.63) is 83.3 Å². The van der Waals surface area contributed by atoms with Crippen molar-refractivity contribution in [2.75, 3.05) is 0 Å². The molecule has 2 heterocycles. The second kappa shape index (κ2) is 8.61. The number of aliphatic imine (C=N–C) groups is 1. The third kappa shape index (κ3) is 4.24. The van der Waals surface area contributed by atoms with Crippen LogP contribution in [0.1, 0.15) is 25.5 Å². The van der Waals surface area contributed by atoms with Gasteiger partial charge in [0.2, 0.25) is 0 Å². The summed E-state index contributed by atoms with van der Waals surface area (Å²) >= 11 is 5.99. The predicted molar refractivity (Wildman–Crippen MR) is 122 cm³/mol. The monoisotopic (exact) mass is 453 g/mol. The molecule has 1 unspecified atom stereocenters. The third-order valence-corrected chi connectivity index (χ3v) is 6.88. The van der Waals surface area contributed by atoms with Crippen molar-refractivity contribution in [2.45, 2.75) is 24.7 Å². The number of amides is 1. The Labute approximate surface area is 185 Å². The molecule has 0 spiro atoms. The van der Waals surface area contributed by atoms with E-state index in [2.05, 4.69) is 14.7 Å². The molecule has 0 radical (unpaired) electrons. The van der Waals surface area contributed by atoms with Crippen LogP contribution in [0, 0.1) is 5.92 Å². The summed E-state index contributed by atoms with van der Waals surface area (Å²) in [5, 5.41) is 1.99. The summed E-state index contributed by atoms with van der Waals surface area (Å²) < 4.78 is 27.4. The van der Waals surface area contributed by atoms with E-state index in [0.717, 1.165) is 23.6 Å². The lowest BCUT2D eigenvalue weighted by molar-refractivity contribution is -0.115. The fraction of sp³-hybridized carbons (Fsp3) is 0.174. The van der Waals surface area contributed by atoms with Gasteiger partial charge in [-0.2, -0.15) is 0 Å². The van der Waals surface area contributed by atoms with Crippen LogP contribution in [0.2, 0.25) is 5.02 Å². The molecular weight excluding hydrogens is 434 g/mol. The number of hydrogen-bond acceptors (Lipinski definition) is 5. The first-order valence-electron chi connectivity index (χ1n) is 9.87. The van der Waals surface area contributed by atoms with Crippen LogP contribution < -0.4 is 4.72 Å². The van der Waals surface area contributed by atoms with Gasteiger partial charge < -0.3 is 0 Å². The van der Waals surface area contributed by atoms with Crippen molar-refractivity contribution < 1.29 is 13.2 Å². The molecule has 4 rings (SSSR count). The Bertz CT molecular complexity index is 1330. The van der Waals surface area contributed by atoms with E-state index >= 15 is 0 Å². The van der Waals surface area contributed by atoms with Crippen LogP contribution >= 0.6 is 11.6 Å². The van der Waals surface area contributed by atoms with E-state index in [9.17, 15) is 13.2 Å². The Kier molecular flexibility index (Phi) is 5.89. The zero-order chi connectivity index (χ0) is 22.0. The van der Waals surface area contributed by atoms with Gasteiger partial charge in [-0.05, 0) is 36.1 Å². The van der Waals surface area contributed by atoms with Gasteiger partial charge in [0.1, 0.15) is 10.6 Å². The largest absolute Gasteiger partial charge is 0.283 e. The number of nitrogens with one attached hydrogen (secondary N) is 1. The second-order valence-electron chi connectivity index (χ2n) is 7.19. The molecule has 0 bridgehead atoms. The summed E-state index contributed by atoms with van der Waals surface area (Å²) in [5.74, 6) is -0.927. The Morgan fingerprint density at radius 1 is 1.10 bits per heavy atom. The molecule has 0 saturated carbocycles. The van der Waals surface area contributed by atoms with Crippen LogP contribution in [0.15, 0.2) is 82.5 Å². The molecule has 1 amide bonds. The molecule has 6 nitrogen and oxygen atoms in total. The molecule has 1 aromatic heterocycles. The number of halogens is 1. The second-order valence-corrected chi connectivity index (χ2v) is 9.25. The Hall–Kier alpha value is -3.03. The first kappa shape index (κ1) is 21.2. The summed E-state index contributed by atoms with van der Waals surface area (Å²) in [6.07, 6.45) is 5.05. The maximum Gasteiger partial charge on any atom is 0.283 e. The van der Waals surface area contributed by atoms with Gasteiger partial charge in [0, 0.05) is 17.5 Å². The van der Waals surface area contributed by atoms with Crippen LogP contribution in [0.4, 0.5) is 0 Å². The van der Waals surface area contributed by atoms with Crippen molar-refractivity contribution in [3.63, 3.8) is 0 Å². The van der Waals surface area contributed by atoms with E-state index in [0.29, 0.717) is 11.4 Å². The summed E-state index contributed by atoms with van der Waals surface area (Å²) in [6, 6.07) is 15.7. The van der Waals surface area contributed by atoms with Crippen LogP contribution in [0.5, 0.6) is 0 Å². The molecule has 1 atom stereocenters. The van der Waals surface area contributed by atoms with Gasteiger partial charge >= 0.3 is 0 Å². The molecule has 1 N–H and O–H groups in total. The van der Waals surface area contributed by atoms with Crippen molar-refractivity contribution in [1.82, 2.24) is 9.71 Å². The summed E-state index contributed by atoms with van der Waals surface area (Å²) in [4.78, 5) is 21.7. The van der Waals surface area contributed by atoms with Crippen LogP contribution in [0.3, 0.4) is 0 Å². The predicted octanol–water partition coefficient (Wildman–Crippen LogP) is 4.50. The Morgan fingerprint density at radius 2 is 1.84 bits per heavy atom. The number of fused-ring (bicyclic) bond motifs is 1. The van der Waals surface area contributed by atoms with Crippen LogP contribution in [-0.4, -0.2) is 25.0 Å². The van der Waals surface area contributed by atoms with Crippen molar-refractivity contribution in [3.8, 4) is 0 Å². The molecule has 0 saturated heterocycles. The van der Waals surface area contributed by atoms with E-state index in [1.165, 1.54) is 12.1 Å². The number of benzene rings is 2. The third-order valence-electron chi connectivity index (χ3n) is 5.05. The molecule has 0 fully saturated rings. The van der Waals surface area contributed by atoms with Crippen LogP contribution in [-0.2, 0) is 14.8 Å². The number of carbonyl (C=O) groups excluding carboxylic acids is 1. The molecule has 0 aliphatic carbocycles. The van der Waals surface area contributed by atoms with Gasteiger partial charge in [-0.1, -0.05) is 61.3 Å². The zero-order valence-electron chi connectivity index (χ0n) is 16.7. The quantitative estimate of drug-likeness (QED) is 0.595. The smallest absolute Gasteiger partial charge is 0.266 e.